The van der Waals surface area contributed by atoms with E-state index in [0.717, 1.165) is 18.2 Å². The van der Waals surface area contributed by atoms with E-state index >= 15 is 0 Å². The summed E-state index contributed by atoms with van der Waals surface area (Å²) in [7, 11) is 0. The second-order valence-electron chi connectivity index (χ2n) is 4.05. The molecule has 0 bridgehead atoms. The standard InChI is InChI=1S/C14H9Cl2F3O/c15-6-8-3-12(18)14(13(19)4-8)20-7-9-1-2-10(17)5-11(9)16/h1-5H,6-7H2. The summed E-state index contributed by atoms with van der Waals surface area (Å²) in [6.07, 6.45) is 0. The molecule has 0 atom stereocenters. The van der Waals surface area contributed by atoms with Gasteiger partial charge in [0.2, 0.25) is 0 Å². The lowest BCUT2D eigenvalue weighted by Gasteiger charge is -2.10. The highest BCUT2D eigenvalue weighted by atomic mass is 35.5. The maximum Gasteiger partial charge on any atom is 0.191 e. The molecule has 0 N–H and O–H groups in total. The summed E-state index contributed by atoms with van der Waals surface area (Å²) in [4.78, 5) is 0. The Hall–Kier alpha value is -1.39. The first-order valence-electron chi connectivity index (χ1n) is 5.62. The maximum atomic E-state index is 13.6. The zero-order chi connectivity index (χ0) is 14.7. The van der Waals surface area contributed by atoms with Crippen molar-refractivity contribution < 1.29 is 17.9 Å². The Morgan fingerprint density at radius 2 is 1.65 bits per heavy atom. The van der Waals surface area contributed by atoms with Gasteiger partial charge >= 0.3 is 0 Å². The van der Waals surface area contributed by atoms with Crippen LogP contribution < -0.4 is 4.74 Å². The van der Waals surface area contributed by atoms with E-state index in [0.29, 0.717) is 11.1 Å². The van der Waals surface area contributed by atoms with Gasteiger partial charge in [-0.15, -0.1) is 11.6 Å². The number of ether oxygens (including phenoxy) is 1. The van der Waals surface area contributed by atoms with E-state index in [1.165, 1.54) is 12.1 Å². The number of hydrogen-bond donors (Lipinski definition) is 0. The van der Waals surface area contributed by atoms with Crippen LogP contribution in [0.3, 0.4) is 0 Å². The fraction of sp³-hybridized carbons (Fsp3) is 0.143. The molecule has 0 aromatic heterocycles. The highest BCUT2D eigenvalue weighted by molar-refractivity contribution is 6.31. The zero-order valence-electron chi connectivity index (χ0n) is 10.1. The van der Waals surface area contributed by atoms with Crippen LogP contribution in [-0.4, -0.2) is 0 Å². The van der Waals surface area contributed by atoms with Gasteiger partial charge < -0.3 is 4.74 Å². The van der Waals surface area contributed by atoms with Crippen molar-refractivity contribution in [2.45, 2.75) is 12.5 Å². The van der Waals surface area contributed by atoms with Crippen LogP contribution in [0.5, 0.6) is 5.75 Å². The molecule has 2 aromatic carbocycles. The molecule has 0 heterocycles. The first-order chi connectivity index (χ1) is 9.51. The van der Waals surface area contributed by atoms with Crippen molar-refractivity contribution >= 4 is 23.2 Å². The number of halogens is 5. The summed E-state index contributed by atoms with van der Waals surface area (Å²) in [5.41, 5.74) is 0.738. The Morgan fingerprint density at radius 1 is 1.00 bits per heavy atom. The number of benzene rings is 2. The lowest BCUT2D eigenvalue weighted by atomic mass is 10.2. The molecule has 0 spiro atoms. The molecule has 0 saturated carbocycles. The molecular formula is C14H9Cl2F3O. The van der Waals surface area contributed by atoms with E-state index in [-0.39, 0.29) is 17.5 Å². The summed E-state index contributed by atoms with van der Waals surface area (Å²) in [6.45, 7) is -0.173. The van der Waals surface area contributed by atoms with Gasteiger partial charge in [0, 0.05) is 11.4 Å². The summed E-state index contributed by atoms with van der Waals surface area (Å²) < 4.78 is 45.2. The summed E-state index contributed by atoms with van der Waals surface area (Å²) in [5, 5.41) is 0.128. The monoisotopic (exact) mass is 320 g/mol. The molecule has 6 heteroatoms. The predicted octanol–water partition coefficient (Wildman–Crippen LogP) is 5.08. The molecule has 0 aliphatic heterocycles. The Balaban J connectivity index is 2.19. The lowest BCUT2D eigenvalue weighted by molar-refractivity contribution is 0.274. The normalized spacial score (nSPS) is 10.7. The fourth-order valence-electron chi connectivity index (χ4n) is 1.62. The molecule has 20 heavy (non-hydrogen) atoms. The Bertz CT molecular complexity index is 609. The van der Waals surface area contributed by atoms with Crippen molar-refractivity contribution in [1.82, 2.24) is 0 Å². The first kappa shape index (κ1) is 15.0. The molecule has 0 unspecified atom stereocenters. The van der Waals surface area contributed by atoms with Crippen LogP contribution in [-0.2, 0) is 12.5 Å². The third kappa shape index (κ3) is 3.38. The van der Waals surface area contributed by atoms with Crippen LogP contribution in [0.2, 0.25) is 5.02 Å². The molecule has 2 aromatic rings. The number of rotatable bonds is 4. The van der Waals surface area contributed by atoms with Crippen molar-refractivity contribution in [2.75, 3.05) is 0 Å². The van der Waals surface area contributed by atoms with E-state index in [1.54, 1.807) is 0 Å². The van der Waals surface area contributed by atoms with Crippen molar-refractivity contribution in [2.24, 2.45) is 0 Å². The zero-order valence-corrected chi connectivity index (χ0v) is 11.6. The van der Waals surface area contributed by atoms with Crippen LogP contribution in [0.4, 0.5) is 13.2 Å². The molecular weight excluding hydrogens is 312 g/mol. The van der Waals surface area contributed by atoms with E-state index < -0.39 is 23.2 Å². The average molecular weight is 321 g/mol. The molecule has 1 nitrogen and oxygen atoms in total. The fourth-order valence-corrected chi connectivity index (χ4v) is 1.99. The third-order valence-corrected chi connectivity index (χ3v) is 3.26. The first-order valence-corrected chi connectivity index (χ1v) is 6.53. The van der Waals surface area contributed by atoms with Gasteiger partial charge in [0.15, 0.2) is 17.4 Å². The highest BCUT2D eigenvalue weighted by Crippen LogP contribution is 2.26. The van der Waals surface area contributed by atoms with Crippen molar-refractivity contribution in [3.8, 4) is 5.75 Å². The van der Waals surface area contributed by atoms with E-state index in [4.69, 9.17) is 27.9 Å². The molecule has 0 aliphatic carbocycles. The lowest BCUT2D eigenvalue weighted by Crippen LogP contribution is -2.01. The van der Waals surface area contributed by atoms with Crippen molar-refractivity contribution in [1.29, 1.82) is 0 Å². The maximum absolute atomic E-state index is 13.6. The number of alkyl halides is 1. The van der Waals surface area contributed by atoms with Gasteiger partial charge in [-0.2, -0.15) is 0 Å². The van der Waals surface area contributed by atoms with Crippen molar-refractivity contribution in [3.05, 3.63) is 63.9 Å². The molecule has 0 radical (unpaired) electrons. The Kier molecular flexibility index (Phi) is 4.78. The minimum Gasteiger partial charge on any atom is -0.483 e. The van der Waals surface area contributed by atoms with Gasteiger partial charge in [0.05, 0.1) is 5.02 Å². The average Bonchev–Trinajstić information content (AvgIpc) is 2.39. The second kappa shape index (κ2) is 6.37. The quantitative estimate of drug-likeness (QED) is 0.714. The van der Waals surface area contributed by atoms with Gasteiger partial charge in [-0.05, 0) is 29.8 Å². The highest BCUT2D eigenvalue weighted by Gasteiger charge is 2.13. The summed E-state index contributed by atoms with van der Waals surface area (Å²) in [6, 6.07) is 5.87. The van der Waals surface area contributed by atoms with Gasteiger partial charge in [-0.25, -0.2) is 13.2 Å². The second-order valence-corrected chi connectivity index (χ2v) is 4.72. The van der Waals surface area contributed by atoms with Gasteiger partial charge in [0.1, 0.15) is 12.4 Å². The smallest absolute Gasteiger partial charge is 0.191 e. The van der Waals surface area contributed by atoms with Crippen LogP contribution >= 0.6 is 23.2 Å². The number of hydrogen-bond acceptors (Lipinski definition) is 1. The Morgan fingerprint density at radius 3 is 2.20 bits per heavy atom. The minimum atomic E-state index is -0.848. The van der Waals surface area contributed by atoms with Gasteiger partial charge in [-0.1, -0.05) is 17.7 Å². The predicted molar refractivity (Wildman–Crippen MR) is 71.7 cm³/mol. The van der Waals surface area contributed by atoms with Gasteiger partial charge in [-0.3, -0.25) is 0 Å². The van der Waals surface area contributed by atoms with E-state index in [9.17, 15) is 13.2 Å². The van der Waals surface area contributed by atoms with E-state index in [1.807, 2.05) is 0 Å². The van der Waals surface area contributed by atoms with Crippen LogP contribution in [0.1, 0.15) is 11.1 Å². The third-order valence-electron chi connectivity index (χ3n) is 2.60. The van der Waals surface area contributed by atoms with Crippen LogP contribution in [0, 0.1) is 17.5 Å². The molecule has 0 saturated heterocycles. The largest absolute Gasteiger partial charge is 0.483 e. The van der Waals surface area contributed by atoms with Crippen LogP contribution in [0.15, 0.2) is 30.3 Å². The summed E-state index contributed by atoms with van der Waals surface area (Å²) >= 11 is 11.3. The molecule has 106 valence electrons. The van der Waals surface area contributed by atoms with Gasteiger partial charge in [0.25, 0.3) is 0 Å². The van der Waals surface area contributed by atoms with Crippen molar-refractivity contribution in [3.63, 3.8) is 0 Å². The molecule has 0 aliphatic rings. The summed E-state index contributed by atoms with van der Waals surface area (Å²) in [5.74, 6) is -2.71. The van der Waals surface area contributed by atoms with E-state index in [2.05, 4.69) is 0 Å². The Labute approximate surface area is 123 Å². The molecule has 0 fully saturated rings. The topological polar surface area (TPSA) is 9.23 Å². The van der Waals surface area contributed by atoms with Crippen LogP contribution in [0.25, 0.3) is 0 Å². The minimum absolute atomic E-state index is 0.00207. The SMILES string of the molecule is Fc1ccc(COc2c(F)cc(CCl)cc2F)c(Cl)c1. The molecule has 0 amide bonds. The molecule has 2 rings (SSSR count).